The number of nitrogens with zero attached hydrogens (tertiary/aromatic N) is 2. The van der Waals surface area contributed by atoms with Crippen LogP contribution in [0.2, 0.25) is 0 Å². The molecule has 1 spiro atoms. The zero-order chi connectivity index (χ0) is 22.7. The van der Waals surface area contributed by atoms with Gasteiger partial charge in [-0.1, -0.05) is 44.1 Å². The van der Waals surface area contributed by atoms with Crippen LogP contribution in [0.15, 0.2) is 24.3 Å². The fraction of sp³-hybridized carbons (Fsp3) is 0.708. The van der Waals surface area contributed by atoms with Crippen LogP contribution in [0, 0.1) is 11.8 Å². The summed E-state index contributed by atoms with van der Waals surface area (Å²) in [5.74, 6) is -2.36. The van der Waals surface area contributed by atoms with Crippen molar-refractivity contribution in [3.05, 3.63) is 24.3 Å². The van der Waals surface area contributed by atoms with Gasteiger partial charge in [-0.3, -0.25) is 14.4 Å². The van der Waals surface area contributed by atoms with E-state index in [0.717, 1.165) is 19.3 Å². The minimum atomic E-state index is -1.18. The first-order valence-electron chi connectivity index (χ1n) is 11.9. The molecule has 4 heterocycles. The molecule has 1 N–H and O–H groups in total. The van der Waals surface area contributed by atoms with Crippen molar-refractivity contribution in [2.75, 3.05) is 32.8 Å². The first-order chi connectivity index (χ1) is 15.5. The predicted octanol–water partition coefficient (Wildman–Crippen LogP) is 1.43. The molecule has 8 heteroatoms. The third-order valence-electron chi connectivity index (χ3n) is 7.04. The molecule has 0 aromatic heterocycles. The smallest absolute Gasteiger partial charge is 0.312 e. The summed E-state index contributed by atoms with van der Waals surface area (Å²) in [5, 5.41) is 9.22. The van der Waals surface area contributed by atoms with Gasteiger partial charge in [0, 0.05) is 26.2 Å². The molecular weight excluding hydrogens is 412 g/mol. The van der Waals surface area contributed by atoms with E-state index in [9.17, 15) is 19.5 Å². The van der Waals surface area contributed by atoms with E-state index in [1.165, 1.54) is 0 Å². The van der Waals surface area contributed by atoms with Crippen molar-refractivity contribution in [1.29, 1.82) is 0 Å². The summed E-state index contributed by atoms with van der Waals surface area (Å²) in [7, 11) is 0. The van der Waals surface area contributed by atoms with Crippen LogP contribution in [0.25, 0.3) is 0 Å². The molecule has 0 aromatic carbocycles. The van der Waals surface area contributed by atoms with Gasteiger partial charge in [0.15, 0.2) is 0 Å². The number of rotatable bonds is 8. The topological polar surface area (TPSA) is 96.4 Å². The number of cyclic esters (lactones) is 1. The van der Waals surface area contributed by atoms with E-state index in [2.05, 4.69) is 6.92 Å². The maximum Gasteiger partial charge on any atom is 0.312 e. The fourth-order valence-corrected chi connectivity index (χ4v) is 5.54. The van der Waals surface area contributed by atoms with Crippen molar-refractivity contribution >= 4 is 17.8 Å². The van der Waals surface area contributed by atoms with E-state index in [4.69, 9.17) is 9.47 Å². The number of hydrogen-bond acceptors (Lipinski definition) is 6. The number of carbonyl (C=O) groups excluding carboxylic acids is 3. The minimum Gasteiger partial charge on any atom is -0.465 e. The Kier molecular flexibility index (Phi) is 7.00. The summed E-state index contributed by atoms with van der Waals surface area (Å²) >= 11 is 0. The lowest BCUT2D eigenvalue weighted by atomic mass is 9.77. The van der Waals surface area contributed by atoms with Gasteiger partial charge >= 0.3 is 5.97 Å². The molecule has 0 radical (unpaired) electrons. The van der Waals surface area contributed by atoms with Gasteiger partial charge in [0.05, 0.1) is 18.6 Å². The third kappa shape index (κ3) is 3.88. The first-order valence-corrected chi connectivity index (χ1v) is 11.9. The van der Waals surface area contributed by atoms with Crippen LogP contribution in [0.4, 0.5) is 0 Å². The average Bonchev–Trinajstić information content (AvgIpc) is 3.14. The molecule has 0 saturated carbocycles. The number of ether oxygens (including phenoxy) is 2. The van der Waals surface area contributed by atoms with E-state index in [-0.39, 0.29) is 25.0 Å². The lowest BCUT2D eigenvalue weighted by Gasteiger charge is -2.35. The van der Waals surface area contributed by atoms with Gasteiger partial charge in [-0.15, -0.1) is 0 Å². The second-order valence-corrected chi connectivity index (χ2v) is 9.08. The van der Waals surface area contributed by atoms with E-state index in [0.29, 0.717) is 38.9 Å². The standard InChI is InChI=1S/C24H34N2O6/c1-2-3-5-12-25-13-9-11-24-19(18-17(32-24)10-4-8-16-31-23(18)30)21(28)26(14-6-7-15-27)20(24)22(25)29/h4,9-11,17-20,27H,2-3,5-8,12-16H2,1H3/t17-,18+,19+,20?,24+/m1/s1. The second kappa shape index (κ2) is 9.75. The zero-order valence-electron chi connectivity index (χ0n) is 18.8. The first kappa shape index (κ1) is 23.0. The van der Waals surface area contributed by atoms with Crippen molar-refractivity contribution in [1.82, 2.24) is 9.80 Å². The molecule has 5 atom stereocenters. The van der Waals surface area contributed by atoms with Gasteiger partial charge in [0.25, 0.3) is 0 Å². The molecule has 0 aliphatic carbocycles. The number of amides is 2. The van der Waals surface area contributed by atoms with Crippen molar-refractivity contribution < 1.29 is 29.0 Å². The summed E-state index contributed by atoms with van der Waals surface area (Å²) in [6, 6.07) is -0.812. The third-order valence-corrected chi connectivity index (χ3v) is 7.04. The Balaban J connectivity index is 1.71. The molecular formula is C24H34N2O6. The van der Waals surface area contributed by atoms with Crippen molar-refractivity contribution in [3.8, 4) is 0 Å². The Morgan fingerprint density at radius 2 is 1.91 bits per heavy atom. The molecule has 2 fully saturated rings. The van der Waals surface area contributed by atoms with Gasteiger partial charge < -0.3 is 24.4 Å². The molecule has 2 amide bonds. The molecule has 0 bridgehead atoms. The average molecular weight is 447 g/mol. The van der Waals surface area contributed by atoms with E-state index in [1.54, 1.807) is 9.80 Å². The highest BCUT2D eigenvalue weighted by atomic mass is 16.6. The van der Waals surface area contributed by atoms with Gasteiger partial charge in [-0.25, -0.2) is 0 Å². The van der Waals surface area contributed by atoms with Crippen LogP contribution < -0.4 is 0 Å². The monoisotopic (exact) mass is 446 g/mol. The number of likely N-dealkylation sites (tertiary alicyclic amines) is 1. The molecule has 1 unspecified atom stereocenters. The maximum atomic E-state index is 13.8. The zero-order valence-corrected chi connectivity index (χ0v) is 18.8. The van der Waals surface area contributed by atoms with Crippen LogP contribution in [-0.4, -0.2) is 83.3 Å². The molecule has 32 heavy (non-hydrogen) atoms. The Hall–Kier alpha value is -2.19. The number of hydrogen-bond donors (Lipinski definition) is 1. The van der Waals surface area contributed by atoms with Crippen molar-refractivity contribution in [2.45, 2.75) is 63.2 Å². The van der Waals surface area contributed by atoms with Gasteiger partial charge in [0.2, 0.25) is 11.8 Å². The lowest BCUT2D eigenvalue weighted by molar-refractivity contribution is -0.155. The van der Waals surface area contributed by atoms with Crippen LogP contribution in [0.5, 0.6) is 0 Å². The maximum absolute atomic E-state index is 13.8. The van der Waals surface area contributed by atoms with Gasteiger partial charge in [-0.05, 0) is 25.7 Å². The Bertz CT molecular complexity index is 795. The van der Waals surface area contributed by atoms with Crippen LogP contribution in [-0.2, 0) is 23.9 Å². The summed E-state index contributed by atoms with van der Waals surface area (Å²) in [4.78, 5) is 43.8. The van der Waals surface area contributed by atoms with Crippen LogP contribution in [0.1, 0.15) is 45.4 Å². The van der Waals surface area contributed by atoms with E-state index >= 15 is 0 Å². The minimum absolute atomic E-state index is 0.0244. The summed E-state index contributed by atoms with van der Waals surface area (Å²) in [6.45, 7) is 3.85. The lowest BCUT2D eigenvalue weighted by Crippen LogP contribution is -2.55. The number of carbonyl (C=O) groups is 3. The number of aliphatic hydroxyl groups excluding tert-OH is 1. The summed E-state index contributed by atoms with van der Waals surface area (Å²) in [6.07, 6.45) is 11.6. The number of aliphatic hydroxyl groups is 1. The summed E-state index contributed by atoms with van der Waals surface area (Å²) in [5.41, 5.74) is -1.18. The van der Waals surface area contributed by atoms with Crippen LogP contribution in [0.3, 0.4) is 0 Å². The molecule has 4 aliphatic rings. The fourth-order valence-electron chi connectivity index (χ4n) is 5.54. The van der Waals surface area contributed by atoms with E-state index < -0.39 is 35.6 Å². The Labute approximate surface area is 189 Å². The quantitative estimate of drug-likeness (QED) is 0.344. The molecule has 176 valence electrons. The number of esters is 1. The number of fused-ring (bicyclic) bond motifs is 2. The highest BCUT2D eigenvalue weighted by molar-refractivity contribution is 5.99. The van der Waals surface area contributed by atoms with Gasteiger partial charge in [0.1, 0.15) is 17.6 Å². The Morgan fingerprint density at radius 1 is 1.09 bits per heavy atom. The Morgan fingerprint density at radius 3 is 2.69 bits per heavy atom. The van der Waals surface area contributed by atoms with E-state index in [1.807, 2.05) is 24.3 Å². The molecule has 8 nitrogen and oxygen atoms in total. The normalized spacial score (nSPS) is 34.0. The van der Waals surface area contributed by atoms with Crippen LogP contribution >= 0.6 is 0 Å². The second-order valence-electron chi connectivity index (χ2n) is 9.08. The molecule has 4 rings (SSSR count). The SMILES string of the molecule is CCCCCN1CC=C[C@]23O[C@@H]4C=CCCOC(=O)[C@@H]4[C@H]2C(=O)N(CCCCO)C3C1=O. The molecule has 0 aromatic rings. The largest absolute Gasteiger partial charge is 0.465 e. The molecule has 4 aliphatic heterocycles. The van der Waals surface area contributed by atoms with Gasteiger partial charge in [-0.2, -0.15) is 0 Å². The predicted molar refractivity (Wildman–Crippen MR) is 116 cm³/mol. The van der Waals surface area contributed by atoms with Crippen molar-refractivity contribution in [3.63, 3.8) is 0 Å². The molecule has 2 saturated heterocycles. The summed E-state index contributed by atoms with van der Waals surface area (Å²) < 4.78 is 11.9. The highest BCUT2D eigenvalue weighted by Crippen LogP contribution is 2.53. The number of unbranched alkanes of at least 4 members (excludes halogenated alkanes) is 3. The highest BCUT2D eigenvalue weighted by Gasteiger charge is 2.71. The van der Waals surface area contributed by atoms with Crippen molar-refractivity contribution in [2.24, 2.45) is 11.8 Å².